The quantitative estimate of drug-likeness (QED) is 0.132. The average molecular weight is 601 g/mol. The molecule has 0 bridgehead atoms. The van der Waals surface area contributed by atoms with Crippen molar-refractivity contribution >= 4 is 44.1 Å². The third-order valence-corrected chi connectivity index (χ3v) is 8.28. The molecule has 3 heterocycles. The minimum atomic E-state index is -0.950. The van der Waals surface area contributed by atoms with Crippen LogP contribution in [0.5, 0.6) is 23.0 Å². The molecular weight excluding hydrogens is 568 g/mol. The molecule has 0 aliphatic carbocycles. The van der Waals surface area contributed by atoms with Crippen molar-refractivity contribution in [2.24, 2.45) is 5.92 Å². The molecule has 1 N–H and O–H groups in total. The normalized spacial score (nSPS) is 17.6. The standard InChI is InChI=1S/C33H32N2O7S/c1-4-39-23-9-10-24-27(18-23)43-33(34-24)35-29(20-6-5-7-22(16-20)40-13-12-19(2)3)28(31(37)32(35)38)30(36)21-8-11-25-26(17-21)42-15-14-41-25/h5-11,16-19,29,36H,4,12-15H2,1-3H3/b30-28+/t29-/m0/s1. The summed E-state index contributed by atoms with van der Waals surface area (Å²) in [5.74, 6) is 0.876. The summed E-state index contributed by atoms with van der Waals surface area (Å²) in [5, 5.41) is 12.0. The van der Waals surface area contributed by atoms with E-state index in [-0.39, 0.29) is 11.3 Å². The molecule has 0 unspecified atom stereocenters. The number of rotatable bonds is 9. The van der Waals surface area contributed by atoms with Crippen LogP contribution in [-0.2, 0) is 9.59 Å². The Labute approximate surface area is 253 Å². The first-order valence-corrected chi connectivity index (χ1v) is 15.1. The summed E-state index contributed by atoms with van der Waals surface area (Å²) >= 11 is 1.28. The fourth-order valence-electron chi connectivity index (χ4n) is 5.13. The number of thiazole rings is 1. The number of hydrogen-bond acceptors (Lipinski definition) is 9. The minimum absolute atomic E-state index is 0.0460. The van der Waals surface area contributed by atoms with E-state index in [1.807, 2.05) is 49.4 Å². The van der Waals surface area contributed by atoms with Crippen molar-refractivity contribution < 1.29 is 33.6 Å². The van der Waals surface area contributed by atoms with Crippen LogP contribution >= 0.6 is 11.3 Å². The second kappa shape index (κ2) is 12.0. The van der Waals surface area contributed by atoms with Crippen molar-refractivity contribution in [3.8, 4) is 23.0 Å². The number of Topliss-reactive ketones (excluding diaryl/α,β-unsaturated/α-hetero) is 1. The molecule has 1 amide bonds. The maximum atomic E-state index is 13.7. The van der Waals surface area contributed by atoms with Gasteiger partial charge in [-0.3, -0.25) is 14.5 Å². The number of nitrogens with zero attached hydrogens (tertiary/aromatic N) is 2. The Kier molecular flexibility index (Phi) is 7.94. The van der Waals surface area contributed by atoms with Crippen molar-refractivity contribution in [2.45, 2.75) is 33.2 Å². The molecule has 0 radical (unpaired) electrons. The molecule has 0 spiro atoms. The first-order valence-electron chi connectivity index (χ1n) is 14.3. The number of amides is 1. The fourth-order valence-corrected chi connectivity index (χ4v) is 6.15. The van der Waals surface area contributed by atoms with Crippen molar-refractivity contribution in [1.29, 1.82) is 0 Å². The highest BCUT2D eigenvalue weighted by Gasteiger charge is 2.48. The number of ketones is 1. The molecule has 2 aliphatic heterocycles. The summed E-state index contributed by atoms with van der Waals surface area (Å²) in [6.45, 7) is 7.99. The van der Waals surface area contributed by atoms with E-state index in [1.54, 1.807) is 18.2 Å². The van der Waals surface area contributed by atoms with E-state index in [4.69, 9.17) is 23.9 Å². The van der Waals surface area contributed by atoms with Crippen LogP contribution in [0.3, 0.4) is 0 Å². The number of carbonyl (C=O) groups is 2. The Hall–Kier alpha value is -4.57. The monoisotopic (exact) mass is 600 g/mol. The van der Waals surface area contributed by atoms with Gasteiger partial charge in [0.1, 0.15) is 30.5 Å². The topological polar surface area (TPSA) is 107 Å². The van der Waals surface area contributed by atoms with E-state index in [0.29, 0.717) is 77.1 Å². The van der Waals surface area contributed by atoms with Crippen LogP contribution in [0, 0.1) is 5.92 Å². The molecule has 10 heteroatoms. The Morgan fingerprint density at radius 3 is 2.60 bits per heavy atom. The highest BCUT2D eigenvalue weighted by Crippen LogP contribution is 2.46. The molecule has 222 valence electrons. The third kappa shape index (κ3) is 5.62. The first-order chi connectivity index (χ1) is 20.8. The SMILES string of the molecule is CCOc1ccc2nc(N3C(=O)C(=O)/C(=C(/O)c4ccc5c(c4)OCCO5)[C@@H]3c3cccc(OCCC(C)C)c3)sc2c1. The predicted molar refractivity (Wildman–Crippen MR) is 164 cm³/mol. The number of aliphatic hydroxyl groups is 1. The summed E-state index contributed by atoms with van der Waals surface area (Å²) < 4.78 is 23.8. The smallest absolute Gasteiger partial charge is 0.301 e. The zero-order valence-corrected chi connectivity index (χ0v) is 25.0. The third-order valence-electron chi connectivity index (χ3n) is 7.26. The zero-order valence-electron chi connectivity index (χ0n) is 24.2. The minimum Gasteiger partial charge on any atom is -0.507 e. The number of ether oxygens (including phenoxy) is 4. The van der Waals surface area contributed by atoms with Gasteiger partial charge in [-0.1, -0.05) is 37.3 Å². The lowest BCUT2D eigenvalue weighted by Gasteiger charge is -2.24. The molecule has 0 saturated carbocycles. The molecule has 1 atom stereocenters. The molecule has 9 nitrogen and oxygen atoms in total. The molecule has 1 fully saturated rings. The summed E-state index contributed by atoms with van der Waals surface area (Å²) in [5.41, 5.74) is 1.56. The second-order valence-electron chi connectivity index (χ2n) is 10.7. The van der Waals surface area contributed by atoms with E-state index in [0.717, 1.165) is 11.1 Å². The van der Waals surface area contributed by atoms with Gasteiger partial charge in [0.05, 0.1) is 35.0 Å². The van der Waals surface area contributed by atoms with Crippen molar-refractivity contribution in [3.05, 3.63) is 77.4 Å². The summed E-state index contributed by atoms with van der Waals surface area (Å²) in [7, 11) is 0. The molecule has 2 aliphatic rings. The molecule has 4 aromatic rings. The molecule has 43 heavy (non-hydrogen) atoms. The van der Waals surface area contributed by atoms with Crippen LogP contribution in [-0.4, -0.2) is 48.2 Å². The number of carbonyl (C=O) groups excluding carboxylic acids is 2. The van der Waals surface area contributed by atoms with Gasteiger partial charge in [0, 0.05) is 5.56 Å². The molecule has 6 rings (SSSR count). The van der Waals surface area contributed by atoms with Gasteiger partial charge in [-0.15, -0.1) is 0 Å². The lowest BCUT2D eigenvalue weighted by Crippen LogP contribution is -2.29. The van der Waals surface area contributed by atoms with Gasteiger partial charge in [0.15, 0.2) is 16.6 Å². The Bertz CT molecular complexity index is 1730. The summed E-state index contributed by atoms with van der Waals surface area (Å²) in [6, 6.07) is 16.8. The van der Waals surface area contributed by atoms with Gasteiger partial charge >= 0.3 is 5.91 Å². The highest BCUT2D eigenvalue weighted by molar-refractivity contribution is 7.22. The average Bonchev–Trinajstić information content (AvgIpc) is 3.54. The zero-order chi connectivity index (χ0) is 30.1. The maximum absolute atomic E-state index is 13.7. The number of aromatic nitrogens is 1. The highest BCUT2D eigenvalue weighted by atomic mass is 32.1. The number of benzene rings is 3. The molecule has 1 aromatic heterocycles. The molecular formula is C33H32N2O7S. The van der Waals surface area contributed by atoms with E-state index >= 15 is 0 Å². The van der Waals surface area contributed by atoms with E-state index in [9.17, 15) is 14.7 Å². The van der Waals surface area contributed by atoms with Crippen LogP contribution in [0.25, 0.3) is 16.0 Å². The Morgan fingerprint density at radius 2 is 1.81 bits per heavy atom. The van der Waals surface area contributed by atoms with Crippen LogP contribution in [0.4, 0.5) is 5.13 Å². The Morgan fingerprint density at radius 1 is 1.02 bits per heavy atom. The summed E-state index contributed by atoms with van der Waals surface area (Å²) in [4.78, 5) is 33.5. The van der Waals surface area contributed by atoms with Crippen molar-refractivity contribution in [2.75, 3.05) is 31.3 Å². The predicted octanol–water partition coefficient (Wildman–Crippen LogP) is 6.52. The van der Waals surface area contributed by atoms with Gasteiger partial charge in [0.25, 0.3) is 5.78 Å². The molecule has 3 aromatic carbocycles. The van der Waals surface area contributed by atoms with E-state index in [1.165, 1.54) is 16.2 Å². The number of anilines is 1. The maximum Gasteiger partial charge on any atom is 0.301 e. The van der Waals surface area contributed by atoms with Gasteiger partial charge in [0.2, 0.25) is 0 Å². The van der Waals surface area contributed by atoms with Crippen LogP contribution < -0.4 is 23.8 Å². The number of aliphatic hydroxyl groups excluding tert-OH is 1. The molecule has 1 saturated heterocycles. The van der Waals surface area contributed by atoms with Crippen LogP contribution in [0.2, 0.25) is 0 Å². The number of fused-ring (bicyclic) bond motifs is 2. The fraction of sp³-hybridized carbons (Fsp3) is 0.303. The van der Waals surface area contributed by atoms with Crippen LogP contribution in [0.1, 0.15) is 44.4 Å². The van der Waals surface area contributed by atoms with Crippen LogP contribution in [0.15, 0.2) is 66.2 Å². The Balaban J connectivity index is 1.47. The van der Waals surface area contributed by atoms with Gasteiger partial charge in [-0.2, -0.15) is 0 Å². The van der Waals surface area contributed by atoms with Gasteiger partial charge in [-0.05, 0) is 73.4 Å². The van der Waals surface area contributed by atoms with E-state index < -0.39 is 17.7 Å². The van der Waals surface area contributed by atoms with Gasteiger partial charge in [-0.25, -0.2) is 4.98 Å². The lowest BCUT2D eigenvalue weighted by molar-refractivity contribution is -0.132. The number of hydrogen-bond donors (Lipinski definition) is 1. The first kappa shape index (κ1) is 28.5. The largest absolute Gasteiger partial charge is 0.507 e. The van der Waals surface area contributed by atoms with Crippen molar-refractivity contribution in [3.63, 3.8) is 0 Å². The van der Waals surface area contributed by atoms with E-state index in [2.05, 4.69) is 13.8 Å². The van der Waals surface area contributed by atoms with Crippen molar-refractivity contribution in [1.82, 2.24) is 4.98 Å². The second-order valence-corrected chi connectivity index (χ2v) is 11.7. The summed E-state index contributed by atoms with van der Waals surface area (Å²) in [6.07, 6.45) is 0.877. The van der Waals surface area contributed by atoms with Gasteiger partial charge < -0.3 is 24.1 Å². The lowest BCUT2D eigenvalue weighted by atomic mass is 9.95.